The van der Waals surface area contributed by atoms with Gasteiger partial charge in [0.15, 0.2) is 0 Å². The van der Waals surface area contributed by atoms with E-state index < -0.39 is 0 Å². The molecular formula is C10H15ClN2O. The predicted octanol–water partition coefficient (Wildman–Crippen LogP) is 3.01. The number of rotatable bonds is 5. The molecular weight excluding hydrogens is 200 g/mol. The zero-order valence-corrected chi connectivity index (χ0v) is 9.34. The summed E-state index contributed by atoms with van der Waals surface area (Å²) in [6.07, 6.45) is 3.42. The highest BCUT2D eigenvalue weighted by molar-refractivity contribution is 6.29. The first kappa shape index (κ1) is 11.2. The van der Waals surface area contributed by atoms with Gasteiger partial charge >= 0.3 is 0 Å². The van der Waals surface area contributed by atoms with Gasteiger partial charge in [-0.1, -0.05) is 31.4 Å². The van der Waals surface area contributed by atoms with Gasteiger partial charge in [-0.15, -0.1) is 0 Å². The average molecular weight is 215 g/mol. The van der Waals surface area contributed by atoms with Crippen molar-refractivity contribution in [3.8, 4) is 5.88 Å². The third-order valence-electron chi connectivity index (χ3n) is 1.78. The largest absolute Gasteiger partial charge is 0.478 e. The molecule has 0 amide bonds. The molecule has 3 nitrogen and oxygen atoms in total. The van der Waals surface area contributed by atoms with Crippen LogP contribution in [0.5, 0.6) is 5.88 Å². The van der Waals surface area contributed by atoms with Crippen molar-refractivity contribution >= 4 is 11.6 Å². The summed E-state index contributed by atoms with van der Waals surface area (Å²) in [4.78, 5) is 8.07. The minimum Gasteiger partial charge on any atom is -0.478 e. The van der Waals surface area contributed by atoms with E-state index in [1.165, 1.54) is 12.8 Å². The number of ether oxygens (including phenoxy) is 1. The van der Waals surface area contributed by atoms with E-state index in [-0.39, 0.29) is 0 Å². The lowest BCUT2D eigenvalue weighted by Gasteiger charge is -2.05. The molecule has 0 fully saturated rings. The summed E-state index contributed by atoms with van der Waals surface area (Å²) in [6.45, 7) is 4.65. The number of aromatic nitrogens is 2. The maximum absolute atomic E-state index is 5.76. The Morgan fingerprint density at radius 3 is 2.79 bits per heavy atom. The van der Waals surface area contributed by atoms with Crippen LogP contribution in [0.4, 0.5) is 0 Å². The molecule has 0 bridgehead atoms. The third kappa shape index (κ3) is 3.92. The van der Waals surface area contributed by atoms with Gasteiger partial charge in [0.25, 0.3) is 0 Å². The van der Waals surface area contributed by atoms with Crippen molar-refractivity contribution in [3.05, 3.63) is 17.0 Å². The Morgan fingerprint density at radius 2 is 2.14 bits per heavy atom. The van der Waals surface area contributed by atoms with Crippen molar-refractivity contribution in [2.75, 3.05) is 6.61 Å². The SMILES string of the molecule is CCCCCOc1cc(Cl)nc(C)n1. The van der Waals surface area contributed by atoms with Gasteiger partial charge in [0, 0.05) is 6.07 Å². The molecule has 0 aliphatic carbocycles. The zero-order valence-electron chi connectivity index (χ0n) is 8.59. The summed E-state index contributed by atoms with van der Waals surface area (Å²) in [5.41, 5.74) is 0. The van der Waals surface area contributed by atoms with E-state index in [1.54, 1.807) is 13.0 Å². The second kappa shape index (κ2) is 5.81. The lowest BCUT2D eigenvalue weighted by atomic mass is 10.3. The van der Waals surface area contributed by atoms with Crippen LogP contribution < -0.4 is 4.74 Å². The molecule has 0 N–H and O–H groups in total. The van der Waals surface area contributed by atoms with Gasteiger partial charge in [-0.2, -0.15) is 4.98 Å². The molecule has 78 valence electrons. The first-order valence-corrected chi connectivity index (χ1v) is 5.24. The van der Waals surface area contributed by atoms with Gasteiger partial charge in [-0.25, -0.2) is 4.98 Å². The quantitative estimate of drug-likeness (QED) is 0.558. The van der Waals surface area contributed by atoms with Crippen LogP contribution in [0.2, 0.25) is 5.15 Å². The molecule has 1 rings (SSSR count). The molecule has 0 spiro atoms. The van der Waals surface area contributed by atoms with E-state index in [2.05, 4.69) is 16.9 Å². The van der Waals surface area contributed by atoms with Gasteiger partial charge in [-0.3, -0.25) is 0 Å². The fourth-order valence-corrected chi connectivity index (χ4v) is 1.32. The Balaban J connectivity index is 2.42. The van der Waals surface area contributed by atoms with Crippen LogP contribution in [0.1, 0.15) is 32.0 Å². The van der Waals surface area contributed by atoms with Gasteiger partial charge in [-0.05, 0) is 13.3 Å². The summed E-state index contributed by atoms with van der Waals surface area (Å²) in [5.74, 6) is 1.21. The van der Waals surface area contributed by atoms with Gasteiger partial charge in [0.1, 0.15) is 11.0 Å². The first-order chi connectivity index (χ1) is 6.72. The Kier molecular flexibility index (Phi) is 4.66. The van der Waals surface area contributed by atoms with Crippen molar-refractivity contribution < 1.29 is 4.74 Å². The van der Waals surface area contributed by atoms with Gasteiger partial charge in [0.2, 0.25) is 5.88 Å². The summed E-state index contributed by atoms with van der Waals surface area (Å²) in [5, 5.41) is 0.433. The Hall–Kier alpha value is -0.830. The fraction of sp³-hybridized carbons (Fsp3) is 0.600. The molecule has 0 saturated heterocycles. The number of unbranched alkanes of at least 4 members (excludes halogenated alkanes) is 2. The maximum Gasteiger partial charge on any atom is 0.218 e. The van der Waals surface area contributed by atoms with Crippen molar-refractivity contribution in [2.24, 2.45) is 0 Å². The van der Waals surface area contributed by atoms with Gasteiger partial charge < -0.3 is 4.74 Å². The van der Waals surface area contributed by atoms with Crippen LogP contribution >= 0.6 is 11.6 Å². The lowest BCUT2D eigenvalue weighted by molar-refractivity contribution is 0.293. The predicted molar refractivity (Wildman–Crippen MR) is 56.8 cm³/mol. The molecule has 0 unspecified atom stereocenters. The summed E-state index contributed by atoms with van der Waals surface area (Å²) in [6, 6.07) is 1.64. The lowest BCUT2D eigenvalue weighted by Crippen LogP contribution is -2.00. The van der Waals surface area contributed by atoms with Gasteiger partial charge in [0.05, 0.1) is 6.61 Å². The monoisotopic (exact) mass is 214 g/mol. The number of hydrogen-bond acceptors (Lipinski definition) is 3. The standard InChI is InChI=1S/C10H15ClN2O/c1-3-4-5-6-14-10-7-9(11)12-8(2)13-10/h7H,3-6H2,1-2H3. The molecule has 0 aliphatic rings. The Labute approximate surface area is 89.5 Å². The topological polar surface area (TPSA) is 35.0 Å². The zero-order chi connectivity index (χ0) is 10.4. The highest BCUT2D eigenvalue weighted by atomic mass is 35.5. The van der Waals surface area contributed by atoms with Crippen molar-refractivity contribution in [2.45, 2.75) is 33.1 Å². The normalized spacial score (nSPS) is 10.2. The first-order valence-electron chi connectivity index (χ1n) is 4.86. The smallest absolute Gasteiger partial charge is 0.218 e. The Morgan fingerprint density at radius 1 is 1.36 bits per heavy atom. The van der Waals surface area contributed by atoms with Crippen molar-refractivity contribution in [1.29, 1.82) is 0 Å². The average Bonchev–Trinajstić information content (AvgIpc) is 2.11. The molecule has 0 radical (unpaired) electrons. The molecule has 1 aromatic heterocycles. The van der Waals surface area contributed by atoms with E-state index in [0.29, 0.717) is 23.5 Å². The van der Waals surface area contributed by atoms with Crippen LogP contribution in [0.15, 0.2) is 6.07 Å². The number of halogens is 1. The van der Waals surface area contributed by atoms with Crippen LogP contribution in [-0.4, -0.2) is 16.6 Å². The minimum atomic E-state index is 0.433. The number of hydrogen-bond donors (Lipinski definition) is 0. The molecule has 14 heavy (non-hydrogen) atoms. The van der Waals surface area contributed by atoms with Crippen LogP contribution in [0.3, 0.4) is 0 Å². The van der Waals surface area contributed by atoms with Crippen molar-refractivity contribution in [3.63, 3.8) is 0 Å². The summed E-state index contributed by atoms with van der Waals surface area (Å²) in [7, 11) is 0. The number of aryl methyl sites for hydroxylation is 1. The Bertz CT molecular complexity index is 271. The molecule has 4 heteroatoms. The van der Waals surface area contributed by atoms with Crippen molar-refractivity contribution in [1.82, 2.24) is 9.97 Å². The van der Waals surface area contributed by atoms with E-state index in [0.717, 1.165) is 6.42 Å². The molecule has 0 aromatic carbocycles. The molecule has 0 aliphatic heterocycles. The second-order valence-electron chi connectivity index (χ2n) is 3.13. The molecule has 1 heterocycles. The molecule has 1 aromatic rings. The minimum absolute atomic E-state index is 0.433. The maximum atomic E-state index is 5.76. The van der Waals surface area contributed by atoms with Crippen LogP contribution in [0.25, 0.3) is 0 Å². The molecule has 0 saturated carbocycles. The van der Waals surface area contributed by atoms with Crippen LogP contribution in [-0.2, 0) is 0 Å². The van der Waals surface area contributed by atoms with E-state index in [4.69, 9.17) is 16.3 Å². The third-order valence-corrected chi connectivity index (χ3v) is 1.97. The second-order valence-corrected chi connectivity index (χ2v) is 3.52. The van der Waals surface area contributed by atoms with Crippen LogP contribution in [0, 0.1) is 6.92 Å². The van der Waals surface area contributed by atoms with E-state index in [9.17, 15) is 0 Å². The van der Waals surface area contributed by atoms with E-state index >= 15 is 0 Å². The highest BCUT2D eigenvalue weighted by Gasteiger charge is 2.00. The van der Waals surface area contributed by atoms with E-state index in [1.807, 2.05) is 0 Å². The number of nitrogens with zero attached hydrogens (tertiary/aromatic N) is 2. The summed E-state index contributed by atoms with van der Waals surface area (Å²) < 4.78 is 5.43. The fourth-order valence-electron chi connectivity index (χ4n) is 1.11. The summed E-state index contributed by atoms with van der Waals surface area (Å²) >= 11 is 5.76. The molecule has 0 atom stereocenters. The highest BCUT2D eigenvalue weighted by Crippen LogP contribution is 2.13.